The first-order valence-corrected chi connectivity index (χ1v) is 17.2. The van der Waals surface area contributed by atoms with Gasteiger partial charge < -0.3 is 24.0 Å². The fourth-order valence-corrected chi connectivity index (χ4v) is 6.79. The monoisotopic (exact) mass is 704 g/mol. The number of ether oxygens (including phenoxy) is 3. The summed E-state index contributed by atoms with van der Waals surface area (Å²) < 4.78 is 23.7. The third-order valence-corrected chi connectivity index (χ3v) is 9.70. The highest BCUT2D eigenvalue weighted by atomic mass is 35.5. The van der Waals surface area contributed by atoms with Crippen molar-refractivity contribution in [1.29, 1.82) is 0 Å². The molecule has 2 fully saturated rings. The second kappa shape index (κ2) is 14.2. The summed E-state index contributed by atoms with van der Waals surface area (Å²) in [6, 6.07) is 21.6. The number of hydrogen-bond donors (Lipinski definition) is 0. The van der Waals surface area contributed by atoms with Gasteiger partial charge in [-0.05, 0) is 74.0 Å². The topological polar surface area (TPSA) is 105 Å². The van der Waals surface area contributed by atoms with Crippen LogP contribution >= 0.6 is 23.2 Å². The molecule has 3 atom stereocenters. The van der Waals surface area contributed by atoms with E-state index in [-0.39, 0.29) is 24.4 Å². The van der Waals surface area contributed by atoms with Crippen LogP contribution in [0.15, 0.2) is 90.5 Å². The van der Waals surface area contributed by atoms with Crippen LogP contribution < -0.4 is 20.2 Å². The molecule has 12 nitrogen and oxygen atoms in total. The molecule has 0 bridgehead atoms. The minimum Gasteiger partial charge on any atom is -0.491 e. The lowest BCUT2D eigenvalue weighted by Crippen LogP contribution is -2.46. The normalized spacial score (nSPS) is 20.1. The van der Waals surface area contributed by atoms with Gasteiger partial charge in [0.25, 0.3) is 0 Å². The van der Waals surface area contributed by atoms with Crippen LogP contribution in [0.4, 0.5) is 11.4 Å². The van der Waals surface area contributed by atoms with E-state index in [2.05, 4.69) is 49.2 Å². The molecule has 3 aromatic carbocycles. The van der Waals surface area contributed by atoms with Gasteiger partial charge >= 0.3 is 5.69 Å². The number of aromatic nitrogens is 6. The van der Waals surface area contributed by atoms with Crippen LogP contribution in [0.3, 0.4) is 0 Å². The third-order valence-electron chi connectivity index (χ3n) is 9.15. The van der Waals surface area contributed by atoms with Crippen LogP contribution in [-0.2, 0) is 21.8 Å². The first-order valence-electron chi connectivity index (χ1n) is 16.4. The molecule has 2 aliphatic rings. The van der Waals surface area contributed by atoms with Crippen molar-refractivity contribution < 1.29 is 14.2 Å². The van der Waals surface area contributed by atoms with E-state index >= 15 is 0 Å². The third kappa shape index (κ3) is 7.04. The van der Waals surface area contributed by atoms with Gasteiger partial charge in [-0.1, -0.05) is 36.2 Å². The Morgan fingerprint density at radius 1 is 0.918 bits per heavy atom. The molecule has 0 aliphatic carbocycles. The Labute approximate surface area is 294 Å². The maximum atomic E-state index is 12.8. The summed E-state index contributed by atoms with van der Waals surface area (Å²) in [5, 5.41) is 9.50. The summed E-state index contributed by atoms with van der Waals surface area (Å²) >= 11 is 12.7. The average Bonchev–Trinajstić information content (AvgIpc) is 3.88. The fraction of sp³-hybridized carbons (Fsp3) is 0.371. The molecule has 0 radical (unpaired) electrons. The number of nitrogens with zero attached hydrogens (tertiary/aromatic N) is 8. The van der Waals surface area contributed by atoms with Crippen LogP contribution in [0, 0.1) is 0 Å². The molecule has 0 saturated carbocycles. The van der Waals surface area contributed by atoms with Gasteiger partial charge in [-0.2, -0.15) is 10.2 Å². The summed E-state index contributed by atoms with van der Waals surface area (Å²) in [4.78, 5) is 21.6. The van der Waals surface area contributed by atoms with Crippen LogP contribution in [0.25, 0.3) is 5.69 Å². The molecule has 0 spiro atoms. The largest absolute Gasteiger partial charge is 0.491 e. The zero-order valence-corrected chi connectivity index (χ0v) is 28.9. The molecule has 1 unspecified atom stereocenters. The number of halogens is 2. The van der Waals surface area contributed by atoms with Crippen molar-refractivity contribution in [3.63, 3.8) is 0 Å². The Morgan fingerprint density at radius 3 is 2.22 bits per heavy atom. The lowest BCUT2D eigenvalue weighted by Gasteiger charge is -2.37. The van der Waals surface area contributed by atoms with E-state index in [9.17, 15) is 4.79 Å². The van der Waals surface area contributed by atoms with Crippen LogP contribution in [0.5, 0.6) is 5.75 Å². The first-order chi connectivity index (χ1) is 23.8. The Kier molecular flexibility index (Phi) is 9.64. The van der Waals surface area contributed by atoms with Crippen molar-refractivity contribution in [1.82, 2.24) is 29.1 Å². The Bertz CT molecular complexity index is 1910. The molecule has 5 aromatic rings. The van der Waals surface area contributed by atoms with Crippen molar-refractivity contribution in [3.05, 3.63) is 112 Å². The van der Waals surface area contributed by atoms with E-state index in [1.54, 1.807) is 34.0 Å². The number of hydrogen-bond acceptors (Lipinski definition) is 9. The molecule has 49 heavy (non-hydrogen) atoms. The van der Waals surface area contributed by atoms with Crippen LogP contribution in [0.2, 0.25) is 10.0 Å². The van der Waals surface area contributed by atoms with E-state index < -0.39 is 5.79 Å². The number of rotatable bonds is 11. The number of anilines is 2. The van der Waals surface area contributed by atoms with Gasteiger partial charge in [0.1, 0.15) is 44.0 Å². The second-order valence-electron chi connectivity index (χ2n) is 12.3. The summed E-state index contributed by atoms with van der Waals surface area (Å²) in [7, 11) is 0. The van der Waals surface area contributed by atoms with Gasteiger partial charge in [-0.25, -0.2) is 23.7 Å². The van der Waals surface area contributed by atoms with Crippen LogP contribution in [0.1, 0.15) is 31.9 Å². The van der Waals surface area contributed by atoms with Crippen molar-refractivity contribution >= 4 is 34.6 Å². The van der Waals surface area contributed by atoms with E-state index in [4.69, 9.17) is 37.4 Å². The van der Waals surface area contributed by atoms with E-state index in [0.717, 1.165) is 55.4 Å². The molecule has 4 heterocycles. The van der Waals surface area contributed by atoms with Gasteiger partial charge in [0, 0.05) is 48.1 Å². The van der Waals surface area contributed by atoms with Gasteiger partial charge in [-0.15, -0.1) is 0 Å². The molecule has 7 rings (SSSR count). The molecule has 14 heteroatoms. The zero-order valence-electron chi connectivity index (χ0n) is 27.4. The molecule has 0 N–H and O–H groups in total. The van der Waals surface area contributed by atoms with Gasteiger partial charge in [0.05, 0.1) is 23.4 Å². The highest BCUT2D eigenvalue weighted by molar-refractivity contribution is 6.35. The quantitative estimate of drug-likeness (QED) is 0.174. The maximum Gasteiger partial charge on any atom is 0.350 e. The summed E-state index contributed by atoms with van der Waals surface area (Å²) in [5.41, 5.74) is 3.64. The molecule has 2 saturated heterocycles. The smallest absolute Gasteiger partial charge is 0.350 e. The standard InChI is InChI=1S/C35H38Cl2N8O4/c1-3-25(2)45-34(46)44(24-40-45)29-7-5-27(6-8-29)41-14-16-42(17-15-41)28-9-11-30(12-10-28)47-19-31-20-48-35(49-31,21-43-23-38-22-39-43)32-13-4-26(36)18-33(32)37/h4-13,18,22-25,31H,3,14-17,19-21H2,1-2H3/t25?,31-,35+/m0/s1. The van der Waals surface area contributed by atoms with Crippen molar-refractivity contribution in [3.8, 4) is 11.4 Å². The summed E-state index contributed by atoms with van der Waals surface area (Å²) in [5.74, 6) is -0.410. The minimum atomic E-state index is -1.16. The molecular weight excluding hydrogens is 667 g/mol. The molecular formula is C35H38Cl2N8O4. The van der Waals surface area contributed by atoms with Crippen LogP contribution in [-0.4, -0.2) is 74.6 Å². The Balaban J connectivity index is 0.925. The van der Waals surface area contributed by atoms with E-state index in [0.29, 0.717) is 28.8 Å². The zero-order chi connectivity index (χ0) is 34.0. The Hall–Kier alpha value is -4.36. The number of piperazine rings is 1. The van der Waals surface area contributed by atoms with Gasteiger partial charge in [0.15, 0.2) is 0 Å². The highest BCUT2D eigenvalue weighted by Gasteiger charge is 2.45. The van der Waals surface area contributed by atoms with E-state index in [1.165, 1.54) is 11.0 Å². The predicted octanol–water partition coefficient (Wildman–Crippen LogP) is 5.58. The Morgan fingerprint density at radius 2 is 1.59 bits per heavy atom. The summed E-state index contributed by atoms with van der Waals surface area (Å²) in [6.07, 6.45) is 5.19. The first kappa shape index (κ1) is 33.2. The fourth-order valence-electron chi connectivity index (χ4n) is 6.24. The van der Waals surface area contributed by atoms with Crippen molar-refractivity contribution in [2.45, 2.75) is 44.7 Å². The van der Waals surface area contributed by atoms with Gasteiger partial charge in [-0.3, -0.25) is 0 Å². The molecule has 256 valence electrons. The van der Waals surface area contributed by atoms with Crippen molar-refractivity contribution in [2.24, 2.45) is 0 Å². The lowest BCUT2D eigenvalue weighted by atomic mass is 10.1. The van der Waals surface area contributed by atoms with Gasteiger partial charge in [0.2, 0.25) is 5.79 Å². The van der Waals surface area contributed by atoms with Crippen molar-refractivity contribution in [2.75, 3.05) is 49.2 Å². The second-order valence-corrected chi connectivity index (χ2v) is 13.1. The highest BCUT2D eigenvalue weighted by Crippen LogP contribution is 2.40. The molecule has 2 aliphatic heterocycles. The predicted molar refractivity (Wildman–Crippen MR) is 188 cm³/mol. The lowest BCUT2D eigenvalue weighted by molar-refractivity contribution is -0.190. The minimum absolute atomic E-state index is 0.0645. The number of benzene rings is 3. The summed E-state index contributed by atoms with van der Waals surface area (Å²) in [6.45, 7) is 8.48. The van der Waals surface area contributed by atoms with E-state index in [1.807, 2.05) is 44.2 Å². The SMILES string of the molecule is CCC(C)n1ncn(-c2ccc(N3CCN(c4ccc(OC[C@H]5CO[C@@](Cn6cncn6)(c6ccc(Cl)cc6Cl)O5)cc4)CC3)cc2)c1=O. The molecule has 0 amide bonds. The average molecular weight is 706 g/mol. The maximum absolute atomic E-state index is 12.8. The molecule has 2 aromatic heterocycles.